The van der Waals surface area contributed by atoms with Crippen LogP contribution in [0.25, 0.3) is 0 Å². The van der Waals surface area contributed by atoms with Gasteiger partial charge in [-0.05, 0) is 37.3 Å². The Balaban J connectivity index is 2.10. The Morgan fingerprint density at radius 1 is 1.43 bits per heavy atom. The molecule has 1 heterocycles. The third-order valence-corrected chi connectivity index (χ3v) is 6.79. The molecule has 0 aliphatic heterocycles. The highest BCUT2D eigenvalue weighted by Gasteiger charge is 2.31. The van der Waals surface area contributed by atoms with Crippen LogP contribution in [0.2, 0.25) is 0 Å². The molecule has 1 saturated carbocycles. The number of nitrogens with zero attached hydrogens (tertiary/aromatic N) is 1. The summed E-state index contributed by atoms with van der Waals surface area (Å²) in [5.41, 5.74) is 0. The Hall–Kier alpha value is -0.920. The van der Waals surface area contributed by atoms with Crippen LogP contribution in [0, 0.1) is 5.92 Å². The number of nitrogens with one attached hydrogen (secondary N) is 1. The monoisotopic (exact) mass is 330 g/mol. The predicted octanol–water partition coefficient (Wildman–Crippen LogP) is 2.19. The first-order valence-electron chi connectivity index (χ1n) is 7.26. The fraction of sp³-hybridized carbons (Fsp3) is 0.643. The van der Waals surface area contributed by atoms with E-state index in [9.17, 15) is 13.2 Å². The van der Waals surface area contributed by atoms with E-state index >= 15 is 0 Å². The van der Waals surface area contributed by atoms with E-state index in [1.165, 1.54) is 18.3 Å². The third kappa shape index (κ3) is 4.52. The van der Waals surface area contributed by atoms with Crippen LogP contribution in [0.1, 0.15) is 38.0 Å². The first kappa shape index (κ1) is 16.5. The number of sulfonamides is 1. The molecule has 1 aliphatic carbocycles. The van der Waals surface area contributed by atoms with Crippen LogP contribution >= 0.6 is 11.3 Å². The van der Waals surface area contributed by atoms with Gasteiger partial charge in [0.05, 0.1) is 6.54 Å². The molecule has 0 radical (unpaired) electrons. The van der Waals surface area contributed by atoms with Crippen LogP contribution < -0.4 is 5.32 Å². The van der Waals surface area contributed by atoms with E-state index in [1.807, 2.05) is 6.92 Å². The predicted molar refractivity (Wildman–Crippen MR) is 83.6 cm³/mol. The van der Waals surface area contributed by atoms with Crippen LogP contribution in [0.4, 0.5) is 0 Å². The van der Waals surface area contributed by atoms with Crippen molar-refractivity contribution in [2.45, 2.75) is 43.9 Å². The van der Waals surface area contributed by atoms with Gasteiger partial charge in [-0.3, -0.25) is 4.79 Å². The van der Waals surface area contributed by atoms with E-state index in [4.69, 9.17) is 0 Å². The van der Waals surface area contributed by atoms with Crippen molar-refractivity contribution in [3.05, 3.63) is 17.0 Å². The van der Waals surface area contributed by atoms with Gasteiger partial charge in [-0.2, -0.15) is 4.31 Å². The van der Waals surface area contributed by atoms with Crippen LogP contribution in [-0.2, 0) is 21.4 Å². The summed E-state index contributed by atoms with van der Waals surface area (Å²) in [5.74, 6) is 0.416. The van der Waals surface area contributed by atoms with Gasteiger partial charge in [0.15, 0.2) is 0 Å². The lowest BCUT2D eigenvalue weighted by Gasteiger charge is -2.20. The van der Waals surface area contributed by atoms with Crippen molar-refractivity contribution in [3.8, 4) is 0 Å². The molecule has 2 rings (SSSR count). The normalized spacial score (nSPS) is 15.4. The van der Waals surface area contributed by atoms with Crippen molar-refractivity contribution >= 4 is 27.3 Å². The first-order chi connectivity index (χ1) is 9.93. The zero-order valence-electron chi connectivity index (χ0n) is 12.5. The van der Waals surface area contributed by atoms with Gasteiger partial charge in [0.2, 0.25) is 5.91 Å². The molecular formula is C14H22N2O3S2. The Labute approximate surface area is 130 Å². The van der Waals surface area contributed by atoms with Gasteiger partial charge in [0.1, 0.15) is 4.21 Å². The smallest absolute Gasteiger partial charge is 0.252 e. The lowest BCUT2D eigenvalue weighted by Crippen LogP contribution is -2.33. The van der Waals surface area contributed by atoms with Crippen molar-refractivity contribution in [1.29, 1.82) is 0 Å². The van der Waals surface area contributed by atoms with Crippen LogP contribution in [-0.4, -0.2) is 31.7 Å². The molecule has 1 fully saturated rings. The zero-order valence-corrected chi connectivity index (χ0v) is 14.1. The number of hydrogen-bond donors (Lipinski definition) is 1. The maximum Gasteiger partial charge on any atom is 0.252 e. The van der Waals surface area contributed by atoms with Gasteiger partial charge < -0.3 is 5.32 Å². The van der Waals surface area contributed by atoms with Crippen molar-refractivity contribution in [3.63, 3.8) is 0 Å². The van der Waals surface area contributed by atoms with Crippen LogP contribution in [0.15, 0.2) is 16.3 Å². The van der Waals surface area contributed by atoms with Crippen molar-refractivity contribution in [2.75, 3.05) is 13.1 Å². The van der Waals surface area contributed by atoms with E-state index in [1.54, 1.807) is 16.4 Å². The standard InChI is InChI=1S/C14H22N2O3S2/c1-3-8-16(10-12-4-5-12)21(18,19)14-7-6-13(20-14)9-15-11(2)17/h6-7,12H,3-5,8-10H2,1-2H3,(H,15,17). The van der Waals surface area contributed by atoms with E-state index in [0.29, 0.717) is 29.8 Å². The maximum absolute atomic E-state index is 12.7. The molecule has 0 spiro atoms. The summed E-state index contributed by atoms with van der Waals surface area (Å²) in [5, 5.41) is 2.69. The Kier molecular flexibility index (Phi) is 5.40. The molecular weight excluding hydrogens is 308 g/mol. The number of hydrogen-bond acceptors (Lipinski definition) is 4. The molecule has 7 heteroatoms. The summed E-state index contributed by atoms with van der Waals surface area (Å²) in [7, 11) is -3.40. The first-order valence-corrected chi connectivity index (χ1v) is 9.52. The quantitative estimate of drug-likeness (QED) is 0.794. The molecule has 1 aromatic heterocycles. The third-order valence-electron chi connectivity index (χ3n) is 3.37. The largest absolute Gasteiger partial charge is 0.351 e. The number of carbonyl (C=O) groups excluding carboxylic acids is 1. The summed E-state index contributed by atoms with van der Waals surface area (Å²) in [6.45, 7) is 5.02. The van der Waals surface area contributed by atoms with Gasteiger partial charge in [-0.25, -0.2) is 8.42 Å². The molecule has 0 atom stereocenters. The second-order valence-electron chi connectivity index (χ2n) is 5.44. The van der Waals surface area contributed by atoms with Crippen molar-refractivity contribution in [1.82, 2.24) is 9.62 Å². The summed E-state index contributed by atoms with van der Waals surface area (Å²) in [4.78, 5) is 11.8. The molecule has 0 unspecified atom stereocenters. The average molecular weight is 330 g/mol. The van der Waals surface area contributed by atoms with Crippen LogP contribution in [0.3, 0.4) is 0 Å². The summed E-state index contributed by atoms with van der Waals surface area (Å²) in [6, 6.07) is 3.42. The topological polar surface area (TPSA) is 66.5 Å². The number of thiophene rings is 1. The van der Waals surface area contributed by atoms with Gasteiger partial charge in [-0.15, -0.1) is 11.3 Å². The second-order valence-corrected chi connectivity index (χ2v) is 8.77. The fourth-order valence-corrected chi connectivity index (χ4v) is 5.14. The number of carbonyl (C=O) groups is 1. The highest BCUT2D eigenvalue weighted by molar-refractivity contribution is 7.91. The highest BCUT2D eigenvalue weighted by Crippen LogP contribution is 2.33. The molecule has 21 heavy (non-hydrogen) atoms. The van der Waals surface area contributed by atoms with Crippen molar-refractivity contribution in [2.24, 2.45) is 5.92 Å². The molecule has 1 amide bonds. The Bertz CT molecular complexity index is 591. The average Bonchev–Trinajstić information content (AvgIpc) is 3.10. The molecule has 0 saturated heterocycles. The highest BCUT2D eigenvalue weighted by atomic mass is 32.2. The number of amides is 1. The molecule has 0 bridgehead atoms. The maximum atomic E-state index is 12.7. The molecule has 1 aromatic rings. The van der Waals surface area contributed by atoms with E-state index < -0.39 is 10.0 Å². The molecule has 1 N–H and O–H groups in total. The Morgan fingerprint density at radius 2 is 2.14 bits per heavy atom. The van der Waals surface area contributed by atoms with E-state index in [-0.39, 0.29) is 5.91 Å². The number of rotatable bonds is 8. The fourth-order valence-electron chi connectivity index (χ4n) is 2.08. The van der Waals surface area contributed by atoms with Gasteiger partial charge in [0, 0.05) is 24.9 Å². The minimum Gasteiger partial charge on any atom is -0.351 e. The van der Waals surface area contributed by atoms with E-state index in [2.05, 4.69) is 5.32 Å². The summed E-state index contributed by atoms with van der Waals surface area (Å²) in [6.07, 6.45) is 3.08. The van der Waals surface area contributed by atoms with Crippen molar-refractivity contribution < 1.29 is 13.2 Å². The van der Waals surface area contributed by atoms with Gasteiger partial charge in [-0.1, -0.05) is 6.92 Å². The van der Waals surface area contributed by atoms with Gasteiger partial charge in [0.25, 0.3) is 10.0 Å². The lowest BCUT2D eigenvalue weighted by atomic mass is 10.4. The molecule has 5 nitrogen and oxygen atoms in total. The molecule has 0 aromatic carbocycles. The molecule has 1 aliphatic rings. The summed E-state index contributed by atoms with van der Waals surface area (Å²) < 4.78 is 27.4. The lowest BCUT2D eigenvalue weighted by molar-refractivity contribution is -0.119. The second kappa shape index (κ2) is 6.89. The van der Waals surface area contributed by atoms with Gasteiger partial charge >= 0.3 is 0 Å². The Morgan fingerprint density at radius 3 is 2.71 bits per heavy atom. The summed E-state index contributed by atoms with van der Waals surface area (Å²) >= 11 is 1.24. The van der Waals surface area contributed by atoms with Crippen LogP contribution in [0.5, 0.6) is 0 Å². The minimum absolute atomic E-state index is 0.117. The minimum atomic E-state index is -3.40. The van der Waals surface area contributed by atoms with E-state index in [0.717, 1.165) is 24.1 Å². The zero-order chi connectivity index (χ0) is 15.5. The molecule has 118 valence electrons. The SMILES string of the molecule is CCCN(CC1CC1)S(=O)(=O)c1ccc(CNC(C)=O)s1.